The predicted octanol–water partition coefficient (Wildman–Crippen LogP) is 2.35. The summed E-state index contributed by atoms with van der Waals surface area (Å²) in [5.41, 5.74) is -3.17. The van der Waals surface area contributed by atoms with Gasteiger partial charge in [0.1, 0.15) is 17.2 Å². The number of hydrogen-bond donors (Lipinski definition) is 1. The van der Waals surface area contributed by atoms with Crippen LogP contribution in [-0.2, 0) is 15.1 Å². The Labute approximate surface area is 132 Å². The van der Waals surface area contributed by atoms with E-state index in [0.29, 0.717) is 4.90 Å². The molecule has 7 heteroatoms. The minimum atomic E-state index is -1.88. The lowest BCUT2D eigenvalue weighted by molar-refractivity contribution is -0.136. The lowest BCUT2D eigenvalue weighted by Crippen LogP contribution is -2.43. The topological polar surface area (TPSA) is 66.5 Å². The third kappa shape index (κ3) is 2.83. The Kier molecular flexibility index (Phi) is 4.00. The Morgan fingerprint density at radius 2 is 1.74 bits per heavy atom. The number of urea groups is 1. The molecule has 1 aromatic carbocycles. The van der Waals surface area contributed by atoms with E-state index in [9.17, 15) is 23.2 Å². The molecule has 0 unspecified atom stereocenters. The van der Waals surface area contributed by atoms with Gasteiger partial charge in [-0.25, -0.2) is 13.6 Å². The molecule has 1 aromatic rings. The van der Waals surface area contributed by atoms with Gasteiger partial charge < -0.3 is 5.32 Å². The molecule has 1 saturated heterocycles. The second-order valence-corrected chi connectivity index (χ2v) is 6.72. The number of amides is 3. The second kappa shape index (κ2) is 5.40. The number of hydrogen-bond acceptors (Lipinski definition) is 3. The summed E-state index contributed by atoms with van der Waals surface area (Å²) in [5.74, 6) is -3.07. The number of nitrogens with one attached hydrogen (secondary N) is 1. The van der Waals surface area contributed by atoms with E-state index >= 15 is 0 Å². The number of carbonyl (C=O) groups excluding carboxylic acids is 3. The highest BCUT2D eigenvalue weighted by molar-refractivity contribution is 6.09. The minimum absolute atomic E-state index is 0.334. The first-order valence-corrected chi connectivity index (χ1v) is 7.10. The van der Waals surface area contributed by atoms with Crippen molar-refractivity contribution in [2.24, 2.45) is 5.41 Å². The fraction of sp³-hybridized carbons (Fsp3) is 0.438. The van der Waals surface area contributed by atoms with Crippen LogP contribution in [0.2, 0.25) is 0 Å². The van der Waals surface area contributed by atoms with Gasteiger partial charge in [-0.2, -0.15) is 0 Å². The molecule has 1 aliphatic rings. The second-order valence-electron chi connectivity index (χ2n) is 6.72. The number of halogens is 2. The van der Waals surface area contributed by atoms with Crippen molar-refractivity contribution < 1.29 is 23.2 Å². The van der Waals surface area contributed by atoms with Crippen LogP contribution < -0.4 is 5.32 Å². The molecule has 5 nitrogen and oxygen atoms in total. The van der Waals surface area contributed by atoms with Crippen molar-refractivity contribution in [3.63, 3.8) is 0 Å². The Morgan fingerprint density at radius 3 is 2.22 bits per heavy atom. The maximum Gasteiger partial charge on any atom is 0.325 e. The van der Waals surface area contributed by atoms with Gasteiger partial charge in [0.25, 0.3) is 5.91 Å². The fourth-order valence-corrected chi connectivity index (χ4v) is 2.37. The summed E-state index contributed by atoms with van der Waals surface area (Å²) in [7, 11) is 0. The van der Waals surface area contributed by atoms with Crippen molar-refractivity contribution >= 4 is 17.7 Å². The molecule has 1 aliphatic heterocycles. The standard InChI is InChI=1S/C16H18F2N2O3/c1-15(2,3)11(21)8-20-13(22)16(4,19-14(20)23)12-9(17)6-5-7-10(12)18/h5-7H,8H2,1-4H3,(H,19,23)/t16-/m1/s1. The zero-order valence-electron chi connectivity index (χ0n) is 13.4. The summed E-state index contributed by atoms with van der Waals surface area (Å²) >= 11 is 0. The van der Waals surface area contributed by atoms with Gasteiger partial charge in [-0.05, 0) is 19.1 Å². The van der Waals surface area contributed by atoms with Crippen LogP contribution in [0.4, 0.5) is 13.6 Å². The van der Waals surface area contributed by atoms with Gasteiger partial charge in [0.05, 0.1) is 12.1 Å². The monoisotopic (exact) mass is 324 g/mol. The molecule has 0 saturated carbocycles. The number of nitrogens with zero attached hydrogens (tertiary/aromatic N) is 1. The number of imide groups is 1. The molecule has 23 heavy (non-hydrogen) atoms. The van der Waals surface area contributed by atoms with Crippen molar-refractivity contribution in [2.75, 3.05) is 6.54 Å². The molecular formula is C16H18F2N2O3. The molecule has 0 aliphatic carbocycles. The predicted molar refractivity (Wildman–Crippen MR) is 78.4 cm³/mol. The summed E-state index contributed by atoms with van der Waals surface area (Å²) in [6.45, 7) is 5.74. The van der Waals surface area contributed by atoms with Crippen LogP contribution in [0.1, 0.15) is 33.3 Å². The summed E-state index contributed by atoms with van der Waals surface area (Å²) in [5, 5.41) is 2.29. The van der Waals surface area contributed by atoms with Crippen molar-refractivity contribution in [3.05, 3.63) is 35.4 Å². The van der Waals surface area contributed by atoms with Crippen molar-refractivity contribution in [3.8, 4) is 0 Å². The minimum Gasteiger partial charge on any atom is -0.319 e. The maximum absolute atomic E-state index is 14.0. The van der Waals surface area contributed by atoms with Gasteiger partial charge in [-0.15, -0.1) is 0 Å². The Bertz CT molecular complexity index is 677. The highest BCUT2D eigenvalue weighted by Gasteiger charge is 2.52. The van der Waals surface area contributed by atoms with E-state index in [1.165, 1.54) is 13.0 Å². The van der Waals surface area contributed by atoms with Crippen LogP contribution in [0.3, 0.4) is 0 Å². The fourth-order valence-electron chi connectivity index (χ4n) is 2.37. The molecule has 0 bridgehead atoms. The van der Waals surface area contributed by atoms with Crippen LogP contribution in [0.25, 0.3) is 0 Å². The summed E-state index contributed by atoms with van der Waals surface area (Å²) < 4.78 is 28.0. The van der Waals surface area contributed by atoms with E-state index in [2.05, 4.69) is 5.32 Å². The van der Waals surface area contributed by atoms with Crippen molar-refractivity contribution in [1.82, 2.24) is 10.2 Å². The van der Waals surface area contributed by atoms with Crippen LogP contribution >= 0.6 is 0 Å². The van der Waals surface area contributed by atoms with Crippen molar-refractivity contribution in [2.45, 2.75) is 33.2 Å². The molecule has 2 rings (SSSR count). The van der Waals surface area contributed by atoms with Crippen LogP contribution in [0, 0.1) is 17.0 Å². The third-order valence-corrected chi connectivity index (χ3v) is 3.88. The zero-order chi connectivity index (χ0) is 17.6. The van der Waals surface area contributed by atoms with E-state index < -0.39 is 46.6 Å². The zero-order valence-corrected chi connectivity index (χ0v) is 13.4. The lowest BCUT2D eigenvalue weighted by Gasteiger charge is -2.24. The SMILES string of the molecule is CC(C)(C)C(=O)CN1C(=O)N[C@](C)(c2c(F)cccc2F)C1=O. The normalized spacial score (nSPS) is 21.6. The largest absolute Gasteiger partial charge is 0.325 e. The third-order valence-electron chi connectivity index (χ3n) is 3.88. The first-order valence-electron chi connectivity index (χ1n) is 7.10. The van der Waals surface area contributed by atoms with E-state index in [-0.39, 0.29) is 5.78 Å². The van der Waals surface area contributed by atoms with Crippen molar-refractivity contribution in [1.29, 1.82) is 0 Å². The maximum atomic E-state index is 14.0. The molecule has 1 N–H and O–H groups in total. The van der Waals surface area contributed by atoms with Gasteiger partial charge in [-0.1, -0.05) is 26.8 Å². The van der Waals surface area contributed by atoms with Gasteiger partial charge >= 0.3 is 6.03 Å². The Morgan fingerprint density at radius 1 is 1.22 bits per heavy atom. The molecule has 124 valence electrons. The van der Waals surface area contributed by atoms with E-state index in [0.717, 1.165) is 12.1 Å². The average Bonchev–Trinajstić information content (AvgIpc) is 2.61. The number of ketones is 1. The summed E-state index contributed by atoms with van der Waals surface area (Å²) in [6.07, 6.45) is 0. The van der Waals surface area contributed by atoms with E-state index in [1.807, 2.05) is 0 Å². The Hall–Kier alpha value is -2.31. The summed E-state index contributed by atoms with van der Waals surface area (Å²) in [6, 6.07) is 2.33. The summed E-state index contributed by atoms with van der Waals surface area (Å²) in [4.78, 5) is 37.4. The molecule has 3 amide bonds. The number of Topliss-reactive ketones (excluding diaryl/α,β-unsaturated/α-hetero) is 1. The van der Waals surface area contributed by atoms with E-state index in [1.54, 1.807) is 20.8 Å². The molecule has 1 atom stereocenters. The van der Waals surface area contributed by atoms with Gasteiger partial charge in [0.2, 0.25) is 0 Å². The smallest absolute Gasteiger partial charge is 0.319 e. The molecular weight excluding hydrogens is 306 g/mol. The van der Waals surface area contributed by atoms with Crippen LogP contribution in [0.15, 0.2) is 18.2 Å². The van der Waals surface area contributed by atoms with E-state index in [4.69, 9.17) is 0 Å². The molecule has 0 spiro atoms. The van der Waals surface area contributed by atoms with Gasteiger partial charge in [-0.3, -0.25) is 14.5 Å². The highest BCUT2D eigenvalue weighted by Crippen LogP contribution is 2.33. The number of carbonyl (C=O) groups is 3. The lowest BCUT2D eigenvalue weighted by atomic mass is 9.89. The quantitative estimate of drug-likeness (QED) is 0.868. The van der Waals surface area contributed by atoms with Gasteiger partial charge in [0, 0.05) is 5.41 Å². The Balaban J connectivity index is 2.40. The first kappa shape index (κ1) is 17.1. The average molecular weight is 324 g/mol. The highest BCUT2D eigenvalue weighted by atomic mass is 19.1. The van der Waals surface area contributed by atoms with Gasteiger partial charge in [0.15, 0.2) is 5.78 Å². The van der Waals surface area contributed by atoms with Crippen LogP contribution in [-0.4, -0.2) is 29.2 Å². The first-order chi connectivity index (χ1) is 10.5. The number of rotatable bonds is 3. The molecule has 0 aromatic heterocycles. The molecule has 1 fully saturated rings. The number of benzene rings is 1. The molecule has 1 heterocycles. The van der Waals surface area contributed by atoms with Crippen LogP contribution in [0.5, 0.6) is 0 Å². The molecule has 0 radical (unpaired) electrons.